The van der Waals surface area contributed by atoms with E-state index in [0.29, 0.717) is 22.5 Å². The van der Waals surface area contributed by atoms with Crippen LogP contribution in [0.1, 0.15) is 22.8 Å². The van der Waals surface area contributed by atoms with E-state index in [-0.39, 0.29) is 17.3 Å². The molecule has 2 aromatic carbocycles. The van der Waals surface area contributed by atoms with Crippen molar-refractivity contribution in [1.82, 2.24) is 0 Å². The zero-order valence-electron chi connectivity index (χ0n) is 12.7. The maximum absolute atomic E-state index is 13.0. The Kier molecular flexibility index (Phi) is 3.95. The first kappa shape index (κ1) is 15.6. The van der Waals surface area contributed by atoms with E-state index in [4.69, 9.17) is 5.11 Å². The summed E-state index contributed by atoms with van der Waals surface area (Å²) >= 11 is 0. The molecule has 0 unspecified atom stereocenters. The van der Waals surface area contributed by atoms with Crippen LogP contribution in [0.4, 0.5) is 10.1 Å². The molecule has 0 fully saturated rings. The number of benzene rings is 2. The van der Waals surface area contributed by atoms with Crippen LogP contribution in [0.15, 0.2) is 59.2 Å². The molecule has 0 radical (unpaired) electrons. The molecule has 1 aliphatic heterocycles. The maximum Gasteiger partial charge on any atom is 0.335 e. The summed E-state index contributed by atoms with van der Waals surface area (Å²) in [5, 5.41) is 14.4. The van der Waals surface area contributed by atoms with E-state index in [9.17, 15) is 14.0 Å². The van der Waals surface area contributed by atoms with Crippen LogP contribution in [0.2, 0.25) is 0 Å². The first-order chi connectivity index (χ1) is 11.5. The third kappa shape index (κ3) is 2.94. The number of carboxylic acid groups (broad SMARTS) is 1. The van der Waals surface area contributed by atoms with Gasteiger partial charge < -0.3 is 5.11 Å². The maximum atomic E-state index is 13.0. The molecule has 1 aliphatic rings. The van der Waals surface area contributed by atoms with Gasteiger partial charge in [-0.25, -0.2) is 9.18 Å². The number of amides is 1. The van der Waals surface area contributed by atoms with Gasteiger partial charge in [-0.1, -0.05) is 18.2 Å². The first-order valence-corrected chi connectivity index (χ1v) is 7.16. The number of aromatic carboxylic acids is 1. The third-order valence-electron chi connectivity index (χ3n) is 3.58. The Bertz CT molecular complexity index is 885. The van der Waals surface area contributed by atoms with Crippen molar-refractivity contribution in [2.24, 2.45) is 5.10 Å². The van der Waals surface area contributed by atoms with Crippen LogP contribution in [0.25, 0.3) is 6.08 Å². The lowest BCUT2D eigenvalue weighted by molar-refractivity contribution is -0.114. The number of rotatable bonds is 3. The first-order valence-electron chi connectivity index (χ1n) is 7.16. The van der Waals surface area contributed by atoms with Crippen LogP contribution in [-0.2, 0) is 4.79 Å². The lowest BCUT2D eigenvalue weighted by Crippen LogP contribution is -2.21. The molecule has 5 nitrogen and oxygen atoms in total. The topological polar surface area (TPSA) is 70.0 Å². The Morgan fingerprint density at radius 1 is 1.21 bits per heavy atom. The van der Waals surface area contributed by atoms with E-state index in [1.165, 1.54) is 24.3 Å². The summed E-state index contributed by atoms with van der Waals surface area (Å²) in [6.45, 7) is 1.69. The van der Waals surface area contributed by atoms with Gasteiger partial charge in [-0.2, -0.15) is 10.1 Å². The zero-order valence-corrected chi connectivity index (χ0v) is 12.7. The number of hydrogen-bond donors (Lipinski definition) is 1. The fourth-order valence-corrected chi connectivity index (χ4v) is 2.36. The van der Waals surface area contributed by atoms with E-state index in [2.05, 4.69) is 5.10 Å². The van der Waals surface area contributed by atoms with Gasteiger partial charge in [-0.15, -0.1) is 0 Å². The molecule has 0 aromatic heterocycles. The Balaban J connectivity index is 1.94. The molecule has 2 aromatic rings. The molecular formula is C18H13FN2O3. The van der Waals surface area contributed by atoms with E-state index >= 15 is 0 Å². The highest BCUT2D eigenvalue weighted by molar-refractivity contribution is 6.32. The molecule has 1 heterocycles. The monoisotopic (exact) mass is 324 g/mol. The largest absolute Gasteiger partial charge is 0.478 e. The Morgan fingerprint density at radius 3 is 2.58 bits per heavy atom. The molecule has 120 valence electrons. The minimum atomic E-state index is -1.08. The number of carbonyl (C=O) groups is 2. The molecular weight excluding hydrogens is 311 g/mol. The molecule has 0 aliphatic carbocycles. The normalized spacial score (nSPS) is 15.8. The second-order valence-electron chi connectivity index (χ2n) is 5.27. The number of carbonyl (C=O) groups excluding carboxylic acids is 1. The summed E-state index contributed by atoms with van der Waals surface area (Å²) < 4.78 is 13.0. The lowest BCUT2D eigenvalue weighted by Gasteiger charge is -2.12. The third-order valence-corrected chi connectivity index (χ3v) is 3.58. The molecule has 1 N–H and O–H groups in total. The van der Waals surface area contributed by atoms with Gasteiger partial charge in [0.1, 0.15) is 5.82 Å². The van der Waals surface area contributed by atoms with E-state index in [0.717, 1.165) is 5.01 Å². The second-order valence-corrected chi connectivity index (χ2v) is 5.27. The van der Waals surface area contributed by atoms with Gasteiger partial charge in [0.2, 0.25) is 0 Å². The summed E-state index contributed by atoms with van der Waals surface area (Å²) in [7, 11) is 0. The summed E-state index contributed by atoms with van der Waals surface area (Å²) in [6.07, 6.45) is 1.63. The summed E-state index contributed by atoms with van der Waals surface area (Å²) in [5.74, 6) is -1.79. The molecule has 0 atom stereocenters. The molecule has 0 saturated carbocycles. The smallest absolute Gasteiger partial charge is 0.335 e. The quantitative estimate of drug-likeness (QED) is 0.880. The van der Waals surface area contributed by atoms with E-state index < -0.39 is 5.97 Å². The number of hydrazone groups is 1. The van der Waals surface area contributed by atoms with Crippen LogP contribution in [0.5, 0.6) is 0 Å². The van der Waals surface area contributed by atoms with Crippen LogP contribution in [-0.4, -0.2) is 22.7 Å². The fourth-order valence-electron chi connectivity index (χ4n) is 2.36. The molecule has 3 rings (SSSR count). The Labute approximate surface area is 137 Å². The van der Waals surface area contributed by atoms with Crippen LogP contribution in [0.3, 0.4) is 0 Å². The van der Waals surface area contributed by atoms with E-state index in [1.54, 1.807) is 37.3 Å². The van der Waals surface area contributed by atoms with Crippen LogP contribution < -0.4 is 5.01 Å². The van der Waals surface area contributed by atoms with Gasteiger partial charge >= 0.3 is 5.97 Å². The fraction of sp³-hybridized carbons (Fsp3) is 0.0556. The number of nitrogens with zero attached hydrogens (tertiary/aromatic N) is 2. The summed E-state index contributed by atoms with van der Waals surface area (Å²) in [4.78, 5) is 23.7. The zero-order chi connectivity index (χ0) is 17.3. The summed E-state index contributed by atoms with van der Waals surface area (Å²) in [6, 6.07) is 11.8. The van der Waals surface area contributed by atoms with Gasteiger partial charge in [0.15, 0.2) is 0 Å². The number of halogens is 1. The predicted octanol–water partition coefficient (Wildman–Crippen LogP) is 3.33. The number of carboxylic acids is 1. The van der Waals surface area contributed by atoms with Crippen molar-refractivity contribution >= 4 is 29.4 Å². The van der Waals surface area contributed by atoms with Crippen molar-refractivity contribution in [2.75, 3.05) is 5.01 Å². The standard InChI is InChI=1S/C18H13FN2O3/c1-11-16(9-12-5-7-14(19)8-6-12)17(22)21(20-11)15-4-2-3-13(10-15)18(23)24/h2-10H,1H3,(H,23,24). The average molecular weight is 324 g/mol. The van der Waals surface area contributed by atoms with Gasteiger partial charge in [0.05, 0.1) is 22.5 Å². The van der Waals surface area contributed by atoms with E-state index in [1.807, 2.05) is 0 Å². The highest BCUT2D eigenvalue weighted by atomic mass is 19.1. The minimum Gasteiger partial charge on any atom is -0.478 e. The van der Waals surface area contributed by atoms with Gasteiger partial charge in [-0.05, 0) is 48.9 Å². The van der Waals surface area contributed by atoms with Crippen molar-refractivity contribution in [1.29, 1.82) is 0 Å². The SMILES string of the molecule is CC1=NN(c2cccc(C(=O)O)c2)C(=O)C1=Cc1ccc(F)cc1. The number of anilines is 1. The Hall–Kier alpha value is -3.28. The van der Waals surface area contributed by atoms with Crippen molar-refractivity contribution in [3.63, 3.8) is 0 Å². The Morgan fingerprint density at radius 2 is 1.92 bits per heavy atom. The second kappa shape index (κ2) is 6.08. The molecule has 0 saturated heterocycles. The van der Waals surface area contributed by atoms with Crippen molar-refractivity contribution in [2.45, 2.75) is 6.92 Å². The molecule has 1 amide bonds. The highest BCUT2D eigenvalue weighted by Gasteiger charge is 2.29. The van der Waals surface area contributed by atoms with Gasteiger partial charge in [0, 0.05) is 0 Å². The van der Waals surface area contributed by atoms with Crippen molar-refractivity contribution in [3.05, 3.63) is 71.0 Å². The summed E-state index contributed by atoms with van der Waals surface area (Å²) in [5.41, 5.74) is 2.01. The number of hydrogen-bond acceptors (Lipinski definition) is 3. The molecule has 24 heavy (non-hydrogen) atoms. The predicted molar refractivity (Wildman–Crippen MR) is 88.4 cm³/mol. The van der Waals surface area contributed by atoms with Crippen molar-refractivity contribution < 1.29 is 19.1 Å². The van der Waals surface area contributed by atoms with Crippen molar-refractivity contribution in [3.8, 4) is 0 Å². The van der Waals surface area contributed by atoms with Gasteiger partial charge in [0.25, 0.3) is 5.91 Å². The molecule has 0 bridgehead atoms. The highest BCUT2D eigenvalue weighted by Crippen LogP contribution is 2.25. The molecule has 6 heteroatoms. The van der Waals surface area contributed by atoms with Crippen LogP contribution in [0, 0.1) is 5.82 Å². The van der Waals surface area contributed by atoms with Gasteiger partial charge in [-0.3, -0.25) is 4.79 Å². The minimum absolute atomic E-state index is 0.0733. The lowest BCUT2D eigenvalue weighted by atomic mass is 10.1. The molecule has 0 spiro atoms. The van der Waals surface area contributed by atoms with Crippen LogP contribution >= 0.6 is 0 Å². The average Bonchev–Trinajstić information content (AvgIpc) is 2.85.